The van der Waals surface area contributed by atoms with Gasteiger partial charge in [-0.15, -0.1) is 0 Å². The van der Waals surface area contributed by atoms with Crippen LogP contribution in [-0.4, -0.2) is 24.7 Å². The zero-order valence-electron chi connectivity index (χ0n) is 9.94. The Morgan fingerprint density at radius 1 is 1.31 bits per heavy atom. The summed E-state index contributed by atoms with van der Waals surface area (Å²) in [7, 11) is 1.99. The highest BCUT2D eigenvalue weighted by molar-refractivity contribution is 5.66. The molecule has 0 saturated carbocycles. The molecule has 3 heteroatoms. The van der Waals surface area contributed by atoms with Gasteiger partial charge in [-0.2, -0.15) is 0 Å². The van der Waals surface area contributed by atoms with Crippen LogP contribution in [0.1, 0.15) is 25.3 Å². The standard InChI is InChI=1S/C13H19NO2/c1-3-11-6-8-12(9-7-11)14(2)10-4-5-13(15)16/h6-9H,3-5,10H2,1-2H3,(H,15,16). The molecule has 0 aliphatic carbocycles. The van der Waals surface area contributed by atoms with Crippen molar-refractivity contribution in [3.05, 3.63) is 29.8 Å². The van der Waals surface area contributed by atoms with Gasteiger partial charge in [0.15, 0.2) is 0 Å². The van der Waals surface area contributed by atoms with E-state index in [1.807, 2.05) is 7.05 Å². The first-order chi connectivity index (χ1) is 7.63. The third kappa shape index (κ3) is 3.93. The van der Waals surface area contributed by atoms with Crippen molar-refractivity contribution in [2.45, 2.75) is 26.2 Å². The van der Waals surface area contributed by atoms with Gasteiger partial charge >= 0.3 is 5.97 Å². The molecule has 0 unspecified atom stereocenters. The fourth-order valence-corrected chi connectivity index (χ4v) is 1.58. The number of carboxylic acid groups (broad SMARTS) is 1. The van der Waals surface area contributed by atoms with Crippen molar-refractivity contribution in [2.75, 3.05) is 18.5 Å². The maximum absolute atomic E-state index is 10.4. The molecule has 0 bridgehead atoms. The topological polar surface area (TPSA) is 40.5 Å². The van der Waals surface area contributed by atoms with E-state index in [9.17, 15) is 4.79 Å². The Kier molecular flexibility index (Phi) is 4.83. The van der Waals surface area contributed by atoms with E-state index >= 15 is 0 Å². The molecule has 1 aromatic carbocycles. The number of aryl methyl sites for hydroxylation is 1. The number of rotatable bonds is 6. The molecular formula is C13H19NO2. The second-order valence-electron chi connectivity index (χ2n) is 3.94. The van der Waals surface area contributed by atoms with Gasteiger partial charge in [0.25, 0.3) is 0 Å². The average molecular weight is 221 g/mol. The Morgan fingerprint density at radius 2 is 1.94 bits per heavy atom. The number of carboxylic acids is 1. The van der Waals surface area contributed by atoms with Crippen LogP contribution < -0.4 is 4.90 Å². The summed E-state index contributed by atoms with van der Waals surface area (Å²) in [5.41, 5.74) is 2.46. The van der Waals surface area contributed by atoms with Crippen molar-refractivity contribution in [3.8, 4) is 0 Å². The van der Waals surface area contributed by atoms with Crippen LogP contribution in [0.2, 0.25) is 0 Å². The van der Waals surface area contributed by atoms with Gasteiger partial charge in [0, 0.05) is 25.7 Å². The Morgan fingerprint density at radius 3 is 2.44 bits per heavy atom. The quantitative estimate of drug-likeness (QED) is 0.802. The van der Waals surface area contributed by atoms with Crippen LogP contribution in [0.15, 0.2) is 24.3 Å². The predicted octanol–water partition coefficient (Wildman–Crippen LogP) is 2.55. The van der Waals surface area contributed by atoms with E-state index in [0.717, 1.165) is 18.7 Å². The normalized spacial score (nSPS) is 10.1. The van der Waals surface area contributed by atoms with E-state index in [-0.39, 0.29) is 6.42 Å². The van der Waals surface area contributed by atoms with Crippen LogP contribution in [-0.2, 0) is 11.2 Å². The smallest absolute Gasteiger partial charge is 0.303 e. The van der Waals surface area contributed by atoms with Crippen molar-refractivity contribution >= 4 is 11.7 Å². The van der Waals surface area contributed by atoms with Crippen molar-refractivity contribution in [2.24, 2.45) is 0 Å². The number of nitrogens with zero attached hydrogens (tertiary/aromatic N) is 1. The summed E-state index contributed by atoms with van der Waals surface area (Å²) in [5.74, 6) is -0.727. The molecular weight excluding hydrogens is 202 g/mol. The average Bonchev–Trinajstić information content (AvgIpc) is 2.28. The molecule has 0 aliphatic rings. The molecule has 1 N–H and O–H groups in total. The van der Waals surface area contributed by atoms with Gasteiger partial charge in [0.05, 0.1) is 0 Å². The van der Waals surface area contributed by atoms with Gasteiger partial charge in [0.2, 0.25) is 0 Å². The zero-order chi connectivity index (χ0) is 12.0. The highest BCUT2D eigenvalue weighted by Gasteiger charge is 2.02. The van der Waals surface area contributed by atoms with Gasteiger partial charge < -0.3 is 10.0 Å². The summed E-state index contributed by atoms with van der Waals surface area (Å²) in [6.07, 6.45) is 1.96. The van der Waals surface area contributed by atoms with E-state index in [4.69, 9.17) is 5.11 Å². The molecule has 16 heavy (non-hydrogen) atoms. The first-order valence-corrected chi connectivity index (χ1v) is 5.65. The Balaban J connectivity index is 2.45. The van der Waals surface area contributed by atoms with E-state index in [1.165, 1.54) is 5.56 Å². The lowest BCUT2D eigenvalue weighted by molar-refractivity contribution is -0.137. The minimum absolute atomic E-state index is 0.234. The lowest BCUT2D eigenvalue weighted by atomic mass is 10.1. The minimum Gasteiger partial charge on any atom is -0.481 e. The van der Waals surface area contributed by atoms with Crippen molar-refractivity contribution in [3.63, 3.8) is 0 Å². The number of carbonyl (C=O) groups is 1. The Bertz CT molecular complexity index is 332. The number of anilines is 1. The molecule has 0 aromatic heterocycles. The van der Waals surface area contributed by atoms with Crippen LogP contribution in [0, 0.1) is 0 Å². The first-order valence-electron chi connectivity index (χ1n) is 5.65. The molecule has 0 amide bonds. The zero-order valence-corrected chi connectivity index (χ0v) is 9.94. The number of aliphatic carboxylic acids is 1. The SMILES string of the molecule is CCc1ccc(N(C)CCCC(=O)O)cc1. The van der Waals surface area contributed by atoms with Crippen LogP contribution >= 0.6 is 0 Å². The fourth-order valence-electron chi connectivity index (χ4n) is 1.58. The van der Waals surface area contributed by atoms with E-state index < -0.39 is 5.97 Å². The highest BCUT2D eigenvalue weighted by atomic mass is 16.4. The third-order valence-electron chi connectivity index (χ3n) is 2.67. The fraction of sp³-hybridized carbons (Fsp3) is 0.462. The molecule has 1 rings (SSSR count). The summed E-state index contributed by atoms with van der Waals surface area (Å²) < 4.78 is 0. The van der Waals surface area contributed by atoms with Gasteiger partial charge in [-0.3, -0.25) is 4.79 Å². The van der Waals surface area contributed by atoms with Gasteiger partial charge in [-0.05, 0) is 30.5 Å². The van der Waals surface area contributed by atoms with Crippen molar-refractivity contribution in [1.82, 2.24) is 0 Å². The van der Waals surface area contributed by atoms with Crippen LogP contribution in [0.3, 0.4) is 0 Å². The molecule has 0 radical (unpaired) electrons. The molecule has 3 nitrogen and oxygen atoms in total. The molecule has 0 fully saturated rings. The molecule has 0 saturated heterocycles. The molecule has 88 valence electrons. The van der Waals surface area contributed by atoms with Crippen LogP contribution in [0.25, 0.3) is 0 Å². The largest absolute Gasteiger partial charge is 0.481 e. The lowest BCUT2D eigenvalue weighted by Crippen LogP contribution is -2.19. The number of hydrogen-bond acceptors (Lipinski definition) is 2. The minimum atomic E-state index is -0.727. The molecule has 0 atom stereocenters. The number of hydrogen-bond donors (Lipinski definition) is 1. The Hall–Kier alpha value is -1.51. The lowest BCUT2D eigenvalue weighted by Gasteiger charge is -2.19. The second kappa shape index (κ2) is 6.16. The first kappa shape index (κ1) is 12.6. The molecule has 0 spiro atoms. The maximum Gasteiger partial charge on any atom is 0.303 e. The van der Waals surface area contributed by atoms with Crippen molar-refractivity contribution < 1.29 is 9.90 Å². The van der Waals surface area contributed by atoms with E-state index in [2.05, 4.69) is 36.1 Å². The van der Waals surface area contributed by atoms with Gasteiger partial charge in [-0.25, -0.2) is 0 Å². The predicted molar refractivity (Wildman–Crippen MR) is 66.0 cm³/mol. The van der Waals surface area contributed by atoms with Gasteiger partial charge in [0.1, 0.15) is 0 Å². The van der Waals surface area contributed by atoms with Gasteiger partial charge in [-0.1, -0.05) is 19.1 Å². The molecule has 0 heterocycles. The molecule has 0 aliphatic heterocycles. The van der Waals surface area contributed by atoms with E-state index in [0.29, 0.717) is 6.42 Å². The third-order valence-corrected chi connectivity index (χ3v) is 2.67. The Labute approximate surface area is 96.7 Å². The van der Waals surface area contributed by atoms with Crippen LogP contribution in [0.4, 0.5) is 5.69 Å². The monoisotopic (exact) mass is 221 g/mol. The summed E-state index contributed by atoms with van der Waals surface area (Å²) in [6.45, 7) is 2.91. The summed E-state index contributed by atoms with van der Waals surface area (Å²) in [5, 5.41) is 8.55. The van der Waals surface area contributed by atoms with Crippen LogP contribution in [0.5, 0.6) is 0 Å². The summed E-state index contributed by atoms with van der Waals surface area (Å²) >= 11 is 0. The summed E-state index contributed by atoms with van der Waals surface area (Å²) in [6, 6.07) is 8.39. The summed E-state index contributed by atoms with van der Waals surface area (Å²) in [4.78, 5) is 12.5. The maximum atomic E-state index is 10.4. The molecule has 1 aromatic rings. The number of benzene rings is 1. The van der Waals surface area contributed by atoms with Crippen molar-refractivity contribution in [1.29, 1.82) is 0 Å². The second-order valence-corrected chi connectivity index (χ2v) is 3.94. The highest BCUT2D eigenvalue weighted by Crippen LogP contribution is 2.14. The van der Waals surface area contributed by atoms with E-state index in [1.54, 1.807) is 0 Å².